The fourth-order valence-electron chi connectivity index (χ4n) is 3.03. The van der Waals surface area contributed by atoms with E-state index in [-0.39, 0.29) is 28.3 Å². The Morgan fingerprint density at radius 1 is 1.12 bits per heavy atom. The molecule has 4 rings (SSSR count). The molecule has 0 bridgehead atoms. The van der Waals surface area contributed by atoms with Crippen molar-refractivity contribution in [2.45, 2.75) is 6.18 Å². The average Bonchev–Trinajstić information content (AvgIpc) is 3.47. The molecule has 2 aromatic carbocycles. The zero-order chi connectivity index (χ0) is 23.6. The smallest absolute Gasteiger partial charge is 0.416 e. The van der Waals surface area contributed by atoms with Crippen molar-refractivity contribution in [3.8, 4) is 28.7 Å². The first kappa shape index (κ1) is 22.0. The summed E-state index contributed by atoms with van der Waals surface area (Å²) in [6, 6.07) is 15.8. The highest BCUT2D eigenvalue weighted by molar-refractivity contribution is 7.11. The fraction of sp³-hybridized carbons (Fsp3) is 0.0435. The number of nitrogens with zero attached hydrogens (tertiary/aromatic N) is 3. The number of furan rings is 1. The van der Waals surface area contributed by atoms with Crippen LogP contribution < -0.4 is 0 Å². The number of hydrogen-bond acceptors (Lipinski definition) is 6. The van der Waals surface area contributed by atoms with Gasteiger partial charge in [0.25, 0.3) is 5.69 Å². The number of allylic oxidation sites excluding steroid dienone is 1. The third-order valence-corrected chi connectivity index (χ3v) is 5.47. The van der Waals surface area contributed by atoms with Gasteiger partial charge in [0.05, 0.1) is 21.8 Å². The molecule has 33 heavy (non-hydrogen) atoms. The molecule has 0 saturated carbocycles. The van der Waals surface area contributed by atoms with Gasteiger partial charge in [0.15, 0.2) is 0 Å². The zero-order valence-electron chi connectivity index (χ0n) is 16.5. The number of rotatable bonds is 5. The third-order valence-electron chi connectivity index (χ3n) is 4.60. The fourth-order valence-corrected chi connectivity index (χ4v) is 3.82. The number of thiazole rings is 1. The van der Waals surface area contributed by atoms with Crippen LogP contribution in [0, 0.1) is 21.4 Å². The minimum absolute atomic E-state index is 0.0733. The molecule has 4 aromatic rings. The molecule has 0 saturated heterocycles. The highest BCUT2D eigenvalue weighted by Crippen LogP contribution is 2.34. The van der Waals surface area contributed by atoms with Crippen LogP contribution in [0.5, 0.6) is 0 Å². The summed E-state index contributed by atoms with van der Waals surface area (Å²) in [7, 11) is 0. The number of alkyl halides is 3. The molecule has 0 fully saturated rings. The average molecular weight is 467 g/mol. The topological polar surface area (TPSA) is 93.0 Å². The maximum atomic E-state index is 13.0. The quantitative estimate of drug-likeness (QED) is 0.178. The molecule has 0 aliphatic heterocycles. The van der Waals surface area contributed by atoms with E-state index in [9.17, 15) is 28.5 Å². The standard InChI is InChI=1S/C23H12F3N3O3S/c24-23(25,26)17-5-1-4-15(9-17)21-8-7-19(32-21)11-16(12-27)22-28-20(13-33-22)14-3-2-6-18(10-14)29(30)31/h1-11,13H/b16-11+. The van der Waals surface area contributed by atoms with Crippen molar-refractivity contribution in [1.82, 2.24) is 4.98 Å². The first-order valence-corrected chi connectivity index (χ1v) is 10.2. The van der Waals surface area contributed by atoms with E-state index in [0.717, 1.165) is 12.1 Å². The number of benzene rings is 2. The zero-order valence-corrected chi connectivity index (χ0v) is 17.4. The number of nitro groups is 1. The van der Waals surface area contributed by atoms with Gasteiger partial charge in [0.2, 0.25) is 0 Å². The predicted octanol–water partition coefficient (Wildman–Crippen LogP) is 7.06. The van der Waals surface area contributed by atoms with E-state index in [1.807, 2.05) is 6.07 Å². The van der Waals surface area contributed by atoms with Crippen molar-refractivity contribution in [2.75, 3.05) is 0 Å². The highest BCUT2D eigenvalue weighted by Gasteiger charge is 2.30. The second-order valence-corrected chi connectivity index (χ2v) is 7.65. The normalized spacial score (nSPS) is 11.9. The van der Waals surface area contributed by atoms with Crippen molar-refractivity contribution in [1.29, 1.82) is 5.26 Å². The molecule has 6 nitrogen and oxygen atoms in total. The van der Waals surface area contributed by atoms with Gasteiger partial charge in [-0.3, -0.25) is 10.1 Å². The van der Waals surface area contributed by atoms with Crippen molar-refractivity contribution in [3.05, 3.63) is 92.5 Å². The van der Waals surface area contributed by atoms with Gasteiger partial charge < -0.3 is 4.42 Å². The summed E-state index contributed by atoms with van der Waals surface area (Å²) >= 11 is 1.18. The summed E-state index contributed by atoms with van der Waals surface area (Å²) in [6.07, 6.45) is -3.03. The lowest BCUT2D eigenvalue weighted by atomic mass is 10.1. The van der Waals surface area contributed by atoms with Gasteiger partial charge in [-0.05, 0) is 24.3 Å². The second-order valence-electron chi connectivity index (χ2n) is 6.80. The summed E-state index contributed by atoms with van der Waals surface area (Å²) in [6.45, 7) is 0. The number of halogens is 3. The van der Waals surface area contributed by atoms with Crippen LogP contribution >= 0.6 is 11.3 Å². The predicted molar refractivity (Wildman–Crippen MR) is 117 cm³/mol. The van der Waals surface area contributed by atoms with Gasteiger partial charge in [-0.25, -0.2) is 4.98 Å². The summed E-state index contributed by atoms with van der Waals surface area (Å²) in [4.78, 5) is 14.9. The SMILES string of the molecule is N#C/C(=C\c1ccc(-c2cccc(C(F)(F)F)c2)o1)c1nc(-c2cccc([N+](=O)[O-])c2)cs1. The van der Waals surface area contributed by atoms with E-state index in [0.29, 0.717) is 16.3 Å². The Hall–Kier alpha value is -4.23. The molecular weight excluding hydrogens is 455 g/mol. The maximum Gasteiger partial charge on any atom is 0.416 e. The Morgan fingerprint density at radius 3 is 2.61 bits per heavy atom. The summed E-state index contributed by atoms with van der Waals surface area (Å²) in [5.41, 5.74) is 0.586. The van der Waals surface area contributed by atoms with Crippen LogP contribution in [0.4, 0.5) is 18.9 Å². The van der Waals surface area contributed by atoms with Crippen molar-refractivity contribution in [2.24, 2.45) is 0 Å². The largest absolute Gasteiger partial charge is 0.457 e. The lowest BCUT2D eigenvalue weighted by Gasteiger charge is -2.07. The molecule has 0 unspecified atom stereocenters. The van der Waals surface area contributed by atoms with Crippen LogP contribution in [-0.2, 0) is 6.18 Å². The Bertz CT molecular complexity index is 1410. The Labute approximate surface area is 189 Å². The van der Waals surface area contributed by atoms with Crippen LogP contribution in [0.3, 0.4) is 0 Å². The first-order valence-electron chi connectivity index (χ1n) is 9.34. The van der Waals surface area contributed by atoms with E-state index in [1.165, 1.54) is 47.7 Å². The molecule has 2 aromatic heterocycles. The summed E-state index contributed by atoms with van der Waals surface area (Å²) < 4.78 is 44.5. The molecule has 0 radical (unpaired) electrons. The molecule has 2 heterocycles. The number of hydrogen-bond donors (Lipinski definition) is 0. The number of non-ortho nitro benzene ring substituents is 1. The Morgan fingerprint density at radius 2 is 1.88 bits per heavy atom. The van der Waals surface area contributed by atoms with Crippen LogP contribution in [0.1, 0.15) is 16.3 Å². The van der Waals surface area contributed by atoms with E-state index in [4.69, 9.17) is 4.42 Å². The highest BCUT2D eigenvalue weighted by atomic mass is 32.1. The van der Waals surface area contributed by atoms with Gasteiger partial charge in [-0.2, -0.15) is 18.4 Å². The lowest BCUT2D eigenvalue weighted by molar-refractivity contribution is -0.384. The van der Waals surface area contributed by atoms with E-state index >= 15 is 0 Å². The molecule has 0 atom stereocenters. The Balaban J connectivity index is 1.62. The van der Waals surface area contributed by atoms with Gasteiger partial charge in [-0.1, -0.05) is 24.3 Å². The molecule has 0 aliphatic carbocycles. The van der Waals surface area contributed by atoms with Gasteiger partial charge in [-0.15, -0.1) is 11.3 Å². The van der Waals surface area contributed by atoms with Crippen molar-refractivity contribution >= 4 is 28.7 Å². The monoisotopic (exact) mass is 467 g/mol. The third kappa shape index (κ3) is 4.83. The van der Waals surface area contributed by atoms with E-state index in [2.05, 4.69) is 4.98 Å². The summed E-state index contributed by atoms with van der Waals surface area (Å²) in [5, 5.41) is 22.6. The summed E-state index contributed by atoms with van der Waals surface area (Å²) in [5.74, 6) is 0.493. The molecule has 0 N–H and O–H groups in total. The molecular formula is C23H12F3N3O3S. The van der Waals surface area contributed by atoms with Crippen LogP contribution in [0.2, 0.25) is 0 Å². The molecule has 10 heteroatoms. The Kier molecular flexibility index (Phi) is 5.81. The van der Waals surface area contributed by atoms with Crippen LogP contribution in [-0.4, -0.2) is 9.91 Å². The van der Waals surface area contributed by atoms with Crippen molar-refractivity contribution < 1.29 is 22.5 Å². The van der Waals surface area contributed by atoms with Crippen LogP contribution in [0.15, 0.2) is 70.5 Å². The second kappa shape index (κ2) is 8.72. The minimum atomic E-state index is -4.47. The van der Waals surface area contributed by atoms with Gasteiger partial charge in [0.1, 0.15) is 22.6 Å². The van der Waals surface area contributed by atoms with Gasteiger partial charge in [0, 0.05) is 34.7 Å². The molecule has 0 spiro atoms. The number of aromatic nitrogens is 1. The lowest BCUT2D eigenvalue weighted by Crippen LogP contribution is -2.04. The van der Waals surface area contributed by atoms with Crippen molar-refractivity contribution in [3.63, 3.8) is 0 Å². The first-order chi connectivity index (χ1) is 15.7. The van der Waals surface area contributed by atoms with Crippen LogP contribution in [0.25, 0.3) is 34.2 Å². The molecule has 164 valence electrons. The molecule has 0 aliphatic rings. The van der Waals surface area contributed by atoms with E-state index < -0.39 is 16.7 Å². The maximum absolute atomic E-state index is 13.0. The molecule has 0 amide bonds. The van der Waals surface area contributed by atoms with E-state index in [1.54, 1.807) is 23.6 Å². The number of nitro benzene ring substituents is 1. The minimum Gasteiger partial charge on any atom is -0.457 e. The number of nitriles is 1. The van der Waals surface area contributed by atoms with Gasteiger partial charge >= 0.3 is 6.18 Å².